The molecule has 2 aromatic heterocycles. The zero-order chi connectivity index (χ0) is 20.1. The van der Waals surface area contributed by atoms with Crippen LogP contribution >= 0.6 is 34.5 Å². The molecule has 0 aliphatic carbocycles. The van der Waals surface area contributed by atoms with Crippen LogP contribution in [0.5, 0.6) is 0 Å². The van der Waals surface area contributed by atoms with Gasteiger partial charge < -0.3 is 5.32 Å². The van der Waals surface area contributed by atoms with E-state index in [9.17, 15) is 13.2 Å². The van der Waals surface area contributed by atoms with Crippen LogP contribution in [0.2, 0.25) is 10.0 Å². The van der Waals surface area contributed by atoms with Crippen molar-refractivity contribution in [1.29, 1.82) is 0 Å². The van der Waals surface area contributed by atoms with Crippen LogP contribution in [0.25, 0.3) is 10.2 Å². The van der Waals surface area contributed by atoms with Gasteiger partial charge in [0.05, 0.1) is 28.6 Å². The van der Waals surface area contributed by atoms with Crippen LogP contribution < -0.4 is 5.32 Å². The van der Waals surface area contributed by atoms with Gasteiger partial charge in [0, 0.05) is 21.5 Å². The monoisotopic (exact) mass is 457 g/mol. The predicted octanol–water partition coefficient (Wildman–Crippen LogP) is 3.68. The third-order valence-corrected chi connectivity index (χ3v) is 8.24. The van der Waals surface area contributed by atoms with Gasteiger partial charge in [-0.05, 0) is 37.1 Å². The van der Waals surface area contributed by atoms with Crippen molar-refractivity contribution in [3.05, 3.63) is 50.4 Å². The Balaban J connectivity index is 1.59. The zero-order valence-corrected chi connectivity index (χ0v) is 18.1. The van der Waals surface area contributed by atoms with Crippen LogP contribution in [-0.4, -0.2) is 41.7 Å². The van der Waals surface area contributed by atoms with Crippen molar-refractivity contribution in [1.82, 2.24) is 15.1 Å². The third kappa shape index (κ3) is 3.91. The van der Waals surface area contributed by atoms with Crippen molar-refractivity contribution in [3.8, 4) is 0 Å². The smallest absolute Gasteiger partial charge is 0.261 e. The maximum atomic E-state index is 12.6. The number of halogens is 2. The summed E-state index contributed by atoms with van der Waals surface area (Å²) in [4.78, 5) is 14.0. The number of nitrogens with zero attached hydrogens (tertiary/aromatic N) is 2. The molecule has 28 heavy (non-hydrogen) atoms. The molecule has 1 amide bonds. The van der Waals surface area contributed by atoms with Gasteiger partial charge >= 0.3 is 0 Å². The molecule has 0 bridgehead atoms. The summed E-state index contributed by atoms with van der Waals surface area (Å²) in [7, 11) is -3.04. The van der Waals surface area contributed by atoms with Crippen molar-refractivity contribution < 1.29 is 13.2 Å². The van der Waals surface area contributed by atoms with E-state index in [-0.39, 0.29) is 23.5 Å². The van der Waals surface area contributed by atoms with Gasteiger partial charge in [-0.25, -0.2) is 8.42 Å². The van der Waals surface area contributed by atoms with Crippen molar-refractivity contribution in [3.63, 3.8) is 0 Å². The number of aryl methyl sites for hydroxylation is 1. The van der Waals surface area contributed by atoms with E-state index in [1.54, 1.807) is 18.2 Å². The summed E-state index contributed by atoms with van der Waals surface area (Å²) in [5.41, 5.74) is 1.70. The molecule has 0 radical (unpaired) electrons. The van der Waals surface area contributed by atoms with Crippen LogP contribution in [-0.2, 0) is 16.4 Å². The fraction of sp³-hybridized carbons (Fsp3) is 0.333. The molecule has 0 saturated carbocycles. The van der Waals surface area contributed by atoms with Gasteiger partial charge in [0.1, 0.15) is 4.83 Å². The Morgan fingerprint density at radius 2 is 2.14 bits per heavy atom. The number of rotatable bonds is 4. The lowest BCUT2D eigenvalue weighted by atomic mass is 10.2. The van der Waals surface area contributed by atoms with Crippen molar-refractivity contribution in [2.45, 2.75) is 25.9 Å². The van der Waals surface area contributed by atoms with Crippen LogP contribution in [0.3, 0.4) is 0 Å². The highest BCUT2D eigenvalue weighted by atomic mass is 35.5. The molecule has 1 aliphatic rings. The highest BCUT2D eigenvalue weighted by Gasteiger charge is 2.29. The van der Waals surface area contributed by atoms with Crippen molar-refractivity contribution in [2.24, 2.45) is 0 Å². The minimum absolute atomic E-state index is 0.00546. The van der Waals surface area contributed by atoms with Gasteiger partial charge in [0.2, 0.25) is 0 Å². The van der Waals surface area contributed by atoms with Crippen LogP contribution in [0.1, 0.15) is 27.3 Å². The van der Waals surface area contributed by atoms with E-state index >= 15 is 0 Å². The maximum absolute atomic E-state index is 12.6. The van der Waals surface area contributed by atoms with E-state index in [0.717, 1.165) is 21.5 Å². The number of amides is 1. The quantitative estimate of drug-likeness (QED) is 0.647. The number of benzene rings is 1. The zero-order valence-electron chi connectivity index (χ0n) is 14.9. The molecule has 3 aromatic rings. The topological polar surface area (TPSA) is 81.1 Å². The summed E-state index contributed by atoms with van der Waals surface area (Å²) in [6.45, 7) is 2.35. The largest absolute Gasteiger partial charge is 0.348 e. The third-order valence-electron chi connectivity index (χ3n) is 4.73. The van der Waals surface area contributed by atoms with Gasteiger partial charge in [0.15, 0.2) is 9.84 Å². The number of thiophene rings is 1. The Morgan fingerprint density at radius 1 is 1.36 bits per heavy atom. The molecule has 1 aromatic carbocycles. The molecule has 1 unspecified atom stereocenters. The highest BCUT2D eigenvalue weighted by molar-refractivity contribution is 7.91. The van der Waals surface area contributed by atoms with Crippen LogP contribution in [0, 0.1) is 6.92 Å². The second-order valence-electron chi connectivity index (χ2n) is 6.88. The molecule has 1 aliphatic heterocycles. The number of carbonyl (C=O) groups excluding carboxylic acids is 1. The fourth-order valence-corrected chi connectivity index (χ4v) is 6.51. The average molecular weight is 458 g/mol. The maximum Gasteiger partial charge on any atom is 0.261 e. The molecular weight excluding hydrogens is 441 g/mol. The van der Waals surface area contributed by atoms with E-state index in [0.29, 0.717) is 27.9 Å². The van der Waals surface area contributed by atoms with Gasteiger partial charge in [-0.2, -0.15) is 5.10 Å². The first kappa shape index (κ1) is 19.7. The molecule has 1 saturated heterocycles. The molecule has 6 nitrogen and oxygen atoms in total. The molecular formula is C18H17Cl2N3O3S2. The second kappa shape index (κ2) is 7.33. The van der Waals surface area contributed by atoms with E-state index in [4.69, 9.17) is 23.2 Å². The summed E-state index contributed by atoms with van der Waals surface area (Å²) in [5.74, 6) is -0.120. The lowest BCUT2D eigenvalue weighted by Crippen LogP contribution is -2.35. The van der Waals surface area contributed by atoms with Crippen LogP contribution in [0.15, 0.2) is 24.3 Å². The molecule has 3 heterocycles. The number of sulfone groups is 1. The molecule has 1 atom stereocenters. The number of hydrogen-bond acceptors (Lipinski definition) is 5. The minimum atomic E-state index is -3.04. The van der Waals surface area contributed by atoms with Crippen molar-refractivity contribution >= 4 is 60.5 Å². The molecule has 4 rings (SSSR count). The van der Waals surface area contributed by atoms with Gasteiger partial charge in [-0.3, -0.25) is 9.48 Å². The first-order valence-electron chi connectivity index (χ1n) is 8.64. The Morgan fingerprint density at radius 3 is 2.82 bits per heavy atom. The van der Waals surface area contributed by atoms with E-state index in [2.05, 4.69) is 10.4 Å². The van der Waals surface area contributed by atoms with Gasteiger partial charge in [-0.15, -0.1) is 11.3 Å². The number of aromatic nitrogens is 2. The Hall–Kier alpha value is -1.61. The number of fused-ring (bicyclic) bond motifs is 1. The molecule has 148 valence electrons. The molecule has 10 heteroatoms. The Bertz CT molecular complexity index is 1180. The first-order chi connectivity index (χ1) is 13.2. The lowest BCUT2D eigenvalue weighted by Gasteiger charge is -2.09. The van der Waals surface area contributed by atoms with Gasteiger partial charge in [0.25, 0.3) is 5.91 Å². The standard InChI is InChI=1S/C18H17Cl2N3O3S2/c1-10-14-7-16(17(24)21-13-4-5-28(25,26)9-13)27-18(14)23(22-10)8-11-2-3-12(19)6-15(11)20/h2-3,6-7,13H,4-5,8-9H2,1H3,(H,21,24). The number of nitrogens with one attached hydrogen (secondary N) is 1. The second-order valence-corrected chi connectivity index (χ2v) is 11.0. The van der Waals surface area contributed by atoms with Crippen molar-refractivity contribution in [2.75, 3.05) is 11.5 Å². The summed E-state index contributed by atoms with van der Waals surface area (Å²) in [6.07, 6.45) is 0.459. The molecule has 1 fully saturated rings. The Kier molecular flexibility index (Phi) is 5.16. The van der Waals surface area contributed by atoms with Crippen LogP contribution in [0.4, 0.5) is 0 Å². The molecule has 0 spiro atoms. The predicted molar refractivity (Wildman–Crippen MR) is 112 cm³/mol. The SMILES string of the molecule is Cc1nn(Cc2ccc(Cl)cc2Cl)c2sc(C(=O)NC3CCS(=O)(=O)C3)cc12. The molecule has 1 N–H and O–H groups in total. The lowest BCUT2D eigenvalue weighted by molar-refractivity contribution is 0.0945. The average Bonchev–Trinajstić information content (AvgIpc) is 3.26. The summed E-state index contributed by atoms with van der Waals surface area (Å²) < 4.78 is 25.0. The normalized spacial score (nSPS) is 18.6. The number of carbonyl (C=O) groups is 1. The highest BCUT2D eigenvalue weighted by Crippen LogP contribution is 2.30. The van der Waals surface area contributed by atoms with E-state index in [1.165, 1.54) is 11.3 Å². The summed E-state index contributed by atoms with van der Waals surface area (Å²) in [6, 6.07) is 6.80. The minimum Gasteiger partial charge on any atom is -0.348 e. The summed E-state index contributed by atoms with van der Waals surface area (Å²) >= 11 is 13.6. The van der Waals surface area contributed by atoms with E-state index in [1.807, 2.05) is 17.7 Å². The van der Waals surface area contributed by atoms with E-state index < -0.39 is 9.84 Å². The Labute approximate surface area is 176 Å². The first-order valence-corrected chi connectivity index (χ1v) is 12.0. The van der Waals surface area contributed by atoms with Gasteiger partial charge in [-0.1, -0.05) is 29.3 Å². The summed E-state index contributed by atoms with van der Waals surface area (Å²) in [5, 5.41) is 9.42. The number of hydrogen-bond donors (Lipinski definition) is 1. The fourth-order valence-electron chi connectivity index (χ4n) is 3.31.